The Bertz CT molecular complexity index is 624. The Morgan fingerprint density at radius 2 is 1.95 bits per heavy atom. The van der Waals surface area contributed by atoms with Gasteiger partial charge in [-0.1, -0.05) is 12.1 Å². The SMILES string of the molecule is COC(=O)c1ccc(NC(=O)c2ccccc2F)s1. The molecule has 2 aromatic rings. The maximum atomic E-state index is 13.4. The van der Waals surface area contributed by atoms with Crippen molar-refractivity contribution < 1.29 is 18.7 Å². The van der Waals surface area contributed by atoms with E-state index < -0.39 is 17.7 Å². The number of anilines is 1. The first-order valence-corrected chi connectivity index (χ1v) is 6.17. The zero-order chi connectivity index (χ0) is 13.8. The number of halogens is 1. The first kappa shape index (κ1) is 13.2. The quantitative estimate of drug-likeness (QED) is 0.879. The van der Waals surface area contributed by atoms with Crippen LogP contribution in [-0.4, -0.2) is 19.0 Å². The molecule has 0 radical (unpaired) electrons. The van der Waals surface area contributed by atoms with Gasteiger partial charge in [0.05, 0.1) is 17.7 Å². The second-order valence-corrected chi connectivity index (χ2v) is 4.67. The third-order valence-corrected chi connectivity index (χ3v) is 3.33. The number of amides is 1. The van der Waals surface area contributed by atoms with Crippen LogP contribution in [0.4, 0.5) is 9.39 Å². The van der Waals surface area contributed by atoms with E-state index in [-0.39, 0.29) is 5.56 Å². The molecule has 0 saturated carbocycles. The summed E-state index contributed by atoms with van der Waals surface area (Å²) in [6, 6.07) is 8.78. The van der Waals surface area contributed by atoms with Crippen molar-refractivity contribution >= 4 is 28.2 Å². The van der Waals surface area contributed by atoms with Gasteiger partial charge in [-0.15, -0.1) is 11.3 Å². The van der Waals surface area contributed by atoms with Gasteiger partial charge in [0.25, 0.3) is 5.91 Å². The number of rotatable bonds is 3. The number of methoxy groups -OCH3 is 1. The van der Waals surface area contributed by atoms with Crippen molar-refractivity contribution in [3.8, 4) is 0 Å². The van der Waals surface area contributed by atoms with E-state index in [2.05, 4.69) is 10.1 Å². The first-order valence-electron chi connectivity index (χ1n) is 5.36. The van der Waals surface area contributed by atoms with E-state index in [9.17, 15) is 14.0 Å². The molecule has 1 aromatic heterocycles. The highest BCUT2D eigenvalue weighted by atomic mass is 32.1. The van der Waals surface area contributed by atoms with Gasteiger partial charge in [0.2, 0.25) is 0 Å². The molecular formula is C13H10FNO3S. The lowest BCUT2D eigenvalue weighted by Gasteiger charge is -2.03. The summed E-state index contributed by atoms with van der Waals surface area (Å²) in [5.41, 5.74) is -0.0458. The summed E-state index contributed by atoms with van der Waals surface area (Å²) in [5, 5.41) is 2.98. The average molecular weight is 279 g/mol. The van der Waals surface area contributed by atoms with Crippen LogP contribution in [0.5, 0.6) is 0 Å². The highest BCUT2D eigenvalue weighted by Crippen LogP contribution is 2.23. The van der Waals surface area contributed by atoms with Crippen molar-refractivity contribution in [1.82, 2.24) is 0 Å². The Hall–Kier alpha value is -2.21. The van der Waals surface area contributed by atoms with Gasteiger partial charge in [0, 0.05) is 0 Å². The van der Waals surface area contributed by atoms with E-state index in [1.54, 1.807) is 12.1 Å². The summed E-state index contributed by atoms with van der Waals surface area (Å²) in [6.07, 6.45) is 0. The van der Waals surface area contributed by atoms with Gasteiger partial charge in [-0.25, -0.2) is 9.18 Å². The lowest BCUT2D eigenvalue weighted by atomic mass is 10.2. The van der Waals surface area contributed by atoms with Gasteiger partial charge in [-0.05, 0) is 24.3 Å². The van der Waals surface area contributed by atoms with Gasteiger partial charge < -0.3 is 10.1 Å². The minimum absolute atomic E-state index is 0.0458. The van der Waals surface area contributed by atoms with Crippen molar-refractivity contribution in [3.05, 3.63) is 52.7 Å². The number of esters is 1. The Kier molecular flexibility index (Phi) is 3.91. The van der Waals surface area contributed by atoms with Crippen molar-refractivity contribution in [1.29, 1.82) is 0 Å². The van der Waals surface area contributed by atoms with E-state index in [0.717, 1.165) is 11.3 Å². The number of hydrogen-bond acceptors (Lipinski definition) is 4. The van der Waals surface area contributed by atoms with Crippen LogP contribution in [0, 0.1) is 5.82 Å². The lowest BCUT2D eigenvalue weighted by molar-refractivity contribution is 0.0606. The summed E-state index contributed by atoms with van der Waals surface area (Å²) in [5.74, 6) is -1.63. The van der Waals surface area contributed by atoms with Gasteiger partial charge >= 0.3 is 5.97 Å². The van der Waals surface area contributed by atoms with E-state index in [1.807, 2.05) is 0 Å². The van der Waals surface area contributed by atoms with Crippen LogP contribution in [0.1, 0.15) is 20.0 Å². The molecule has 0 saturated heterocycles. The van der Waals surface area contributed by atoms with Crippen LogP contribution in [0.15, 0.2) is 36.4 Å². The number of ether oxygens (including phenoxy) is 1. The second-order valence-electron chi connectivity index (χ2n) is 3.59. The molecule has 0 aliphatic rings. The van der Waals surface area contributed by atoms with Crippen LogP contribution in [0.25, 0.3) is 0 Å². The van der Waals surface area contributed by atoms with Gasteiger partial charge in [-0.2, -0.15) is 0 Å². The van der Waals surface area contributed by atoms with Crippen LogP contribution in [0.2, 0.25) is 0 Å². The Morgan fingerprint density at radius 1 is 1.21 bits per heavy atom. The predicted molar refractivity (Wildman–Crippen MR) is 70.0 cm³/mol. The number of carbonyl (C=O) groups is 2. The fourth-order valence-corrected chi connectivity index (χ4v) is 2.26. The van der Waals surface area contributed by atoms with Crippen LogP contribution in [-0.2, 0) is 4.74 Å². The number of carbonyl (C=O) groups excluding carboxylic acids is 2. The molecule has 0 bridgehead atoms. The number of hydrogen-bond donors (Lipinski definition) is 1. The van der Waals surface area contributed by atoms with Crippen molar-refractivity contribution in [3.63, 3.8) is 0 Å². The molecule has 1 aromatic carbocycles. The van der Waals surface area contributed by atoms with Crippen molar-refractivity contribution in [2.45, 2.75) is 0 Å². The van der Waals surface area contributed by atoms with Gasteiger partial charge in [0.1, 0.15) is 10.7 Å². The highest BCUT2D eigenvalue weighted by molar-refractivity contribution is 7.18. The number of nitrogens with one attached hydrogen (secondary N) is 1. The molecule has 98 valence electrons. The summed E-state index contributed by atoms with van der Waals surface area (Å²) < 4.78 is 18.0. The van der Waals surface area contributed by atoms with Gasteiger partial charge in [-0.3, -0.25) is 4.79 Å². The molecule has 1 N–H and O–H groups in total. The number of thiophene rings is 1. The Labute approximate surface area is 112 Å². The molecule has 1 amide bonds. The molecule has 1 heterocycles. The highest BCUT2D eigenvalue weighted by Gasteiger charge is 2.14. The van der Waals surface area contributed by atoms with E-state index in [0.29, 0.717) is 9.88 Å². The third-order valence-electron chi connectivity index (χ3n) is 2.35. The standard InChI is InChI=1S/C13H10FNO3S/c1-18-13(17)10-6-7-11(19-10)15-12(16)8-4-2-3-5-9(8)14/h2-7H,1H3,(H,15,16). The van der Waals surface area contributed by atoms with E-state index in [1.165, 1.54) is 31.4 Å². The fraction of sp³-hybridized carbons (Fsp3) is 0.0769. The largest absolute Gasteiger partial charge is 0.465 e. The molecule has 6 heteroatoms. The van der Waals surface area contributed by atoms with Crippen molar-refractivity contribution in [2.75, 3.05) is 12.4 Å². The molecular weight excluding hydrogens is 269 g/mol. The van der Waals surface area contributed by atoms with E-state index in [4.69, 9.17) is 0 Å². The second kappa shape index (κ2) is 5.62. The summed E-state index contributed by atoms with van der Waals surface area (Å²) in [4.78, 5) is 23.4. The molecule has 0 atom stereocenters. The Morgan fingerprint density at radius 3 is 2.63 bits per heavy atom. The smallest absolute Gasteiger partial charge is 0.348 e. The fourth-order valence-electron chi connectivity index (χ4n) is 1.44. The zero-order valence-electron chi connectivity index (χ0n) is 9.98. The average Bonchev–Trinajstić information content (AvgIpc) is 2.86. The van der Waals surface area contributed by atoms with Crippen LogP contribution < -0.4 is 5.32 Å². The maximum Gasteiger partial charge on any atom is 0.348 e. The first-order chi connectivity index (χ1) is 9.11. The number of benzene rings is 1. The molecule has 4 nitrogen and oxygen atoms in total. The van der Waals surface area contributed by atoms with Gasteiger partial charge in [0.15, 0.2) is 0 Å². The molecule has 0 unspecified atom stereocenters. The molecule has 0 spiro atoms. The predicted octanol–water partition coefficient (Wildman–Crippen LogP) is 2.93. The summed E-state index contributed by atoms with van der Waals surface area (Å²) in [7, 11) is 1.28. The molecule has 19 heavy (non-hydrogen) atoms. The molecule has 0 aliphatic heterocycles. The Balaban J connectivity index is 2.14. The third kappa shape index (κ3) is 2.97. The van der Waals surface area contributed by atoms with Crippen molar-refractivity contribution in [2.24, 2.45) is 0 Å². The summed E-state index contributed by atoms with van der Waals surface area (Å²) >= 11 is 1.07. The normalized spacial score (nSPS) is 10.0. The maximum absolute atomic E-state index is 13.4. The minimum Gasteiger partial charge on any atom is -0.465 e. The molecule has 0 fully saturated rings. The molecule has 0 aliphatic carbocycles. The van der Waals surface area contributed by atoms with E-state index >= 15 is 0 Å². The topological polar surface area (TPSA) is 55.4 Å². The van der Waals surface area contributed by atoms with Crippen LogP contribution >= 0.6 is 11.3 Å². The summed E-state index contributed by atoms with van der Waals surface area (Å²) in [6.45, 7) is 0. The molecule has 2 rings (SSSR count). The zero-order valence-corrected chi connectivity index (χ0v) is 10.8. The lowest BCUT2D eigenvalue weighted by Crippen LogP contribution is -2.12. The minimum atomic E-state index is -0.593. The monoisotopic (exact) mass is 279 g/mol. The van der Waals surface area contributed by atoms with Crippen LogP contribution in [0.3, 0.4) is 0 Å².